The van der Waals surface area contributed by atoms with Crippen molar-refractivity contribution in [3.8, 4) is 0 Å². The lowest BCUT2D eigenvalue weighted by atomic mass is 10.2. The Bertz CT molecular complexity index is 396. The number of piperazine rings is 1. The Labute approximate surface area is 113 Å². The van der Waals surface area contributed by atoms with Crippen LogP contribution in [0.1, 0.15) is 17.4 Å². The number of nitrogens with zero attached hydrogens (tertiary/aromatic N) is 2. The molecule has 2 N–H and O–H groups in total. The Morgan fingerprint density at radius 2 is 2.33 bits per heavy atom. The average molecular weight is 271 g/mol. The van der Waals surface area contributed by atoms with E-state index in [1.807, 2.05) is 6.07 Å². The number of carbonyl (C=O) groups excluding carboxylic acids is 1. The molecule has 6 heteroatoms. The van der Waals surface area contributed by atoms with Crippen LogP contribution in [-0.4, -0.2) is 43.6 Å². The molecular weight excluding hydrogens is 252 g/mol. The zero-order chi connectivity index (χ0) is 12.3. The van der Waals surface area contributed by atoms with Crippen molar-refractivity contribution in [2.45, 2.75) is 13.0 Å². The fraction of sp³-hybridized carbons (Fsp3) is 0.500. The number of amides is 1. The molecule has 1 aliphatic heterocycles. The molecule has 0 bridgehead atoms. The zero-order valence-corrected chi connectivity index (χ0v) is 11.5. The molecule has 1 atom stereocenters. The largest absolute Gasteiger partial charge is 0.367 e. The average Bonchev–Trinajstić information content (AvgIpc) is 2.38. The molecule has 1 aliphatic rings. The van der Waals surface area contributed by atoms with E-state index in [1.54, 1.807) is 19.3 Å². The SMILES string of the molecule is CNC(=O)c1ccc(N2CCN[C@H](C)C2)cn1.Cl. The van der Waals surface area contributed by atoms with E-state index < -0.39 is 0 Å². The van der Waals surface area contributed by atoms with Gasteiger partial charge in [-0.25, -0.2) is 4.98 Å². The molecule has 18 heavy (non-hydrogen) atoms. The van der Waals surface area contributed by atoms with Gasteiger partial charge in [-0.05, 0) is 19.1 Å². The first-order valence-corrected chi connectivity index (χ1v) is 5.87. The van der Waals surface area contributed by atoms with Crippen molar-refractivity contribution in [1.82, 2.24) is 15.6 Å². The van der Waals surface area contributed by atoms with E-state index in [1.165, 1.54) is 0 Å². The highest BCUT2D eigenvalue weighted by Crippen LogP contribution is 2.14. The summed E-state index contributed by atoms with van der Waals surface area (Å²) in [5.74, 6) is -0.148. The maximum atomic E-state index is 11.4. The summed E-state index contributed by atoms with van der Waals surface area (Å²) in [5, 5.41) is 5.96. The molecule has 0 unspecified atom stereocenters. The van der Waals surface area contributed by atoms with E-state index >= 15 is 0 Å². The second-order valence-corrected chi connectivity index (χ2v) is 4.28. The number of halogens is 1. The van der Waals surface area contributed by atoms with Gasteiger partial charge in [0.1, 0.15) is 5.69 Å². The van der Waals surface area contributed by atoms with Crippen molar-refractivity contribution in [2.24, 2.45) is 0 Å². The molecule has 2 heterocycles. The topological polar surface area (TPSA) is 57.3 Å². The lowest BCUT2D eigenvalue weighted by Gasteiger charge is -2.33. The van der Waals surface area contributed by atoms with Crippen LogP contribution in [0.25, 0.3) is 0 Å². The highest BCUT2D eigenvalue weighted by Gasteiger charge is 2.16. The molecule has 1 aromatic heterocycles. The molecule has 0 saturated carbocycles. The van der Waals surface area contributed by atoms with Gasteiger partial charge in [-0.15, -0.1) is 12.4 Å². The minimum atomic E-state index is -0.148. The van der Waals surface area contributed by atoms with E-state index in [0.29, 0.717) is 11.7 Å². The van der Waals surface area contributed by atoms with Crippen molar-refractivity contribution in [2.75, 3.05) is 31.6 Å². The fourth-order valence-electron chi connectivity index (χ4n) is 2.00. The van der Waals surface area contributed by atoms with Gasteiger partial charge >= 0.3 is 0 Å². The van der Waals surface area contributed by atoms with Crippen molar-refractivity contribution in [3.63, 3.8) is 0 Å². The maximum absolute atomic E-state index is 11.4. The molecule has 0 spiro atoms. The number of aromatic nitrogens is 1. The van der Waals surface area contributed by atoms with Gasteiger partial charge < -0.3 is 15.5 Å². The van der Waals surface area contributed by atoms with Crippen molar-refractivity contribution in [1.29, 1.82) is 0 Å². The molecule has 1 saturated heterocycles. The number of hydrogen-bond donors (Lipinski definition) is 2. The normalized spacial score (nSPS) is 19.0. The van der Waals surface area contributed by atoms with Crippen LogP contribution in [0, 0.1) is 0 Å². The first-order valence-electron chi connectivity index (χ1n) is 5.87. The summed E-state index contributed by atoms with van der Waals surface area (Å²) >= 11 is 0. The molecule has 100 valence electrons. The van der Waals surface area contributed by atoms with E-state index in [0.717, 1.165) is 25.3 Å². The summed E-state index contributed by atoms with van der Waals surface area (Å²) in [6.07, 6.45) is 1.77. The maximum Gasteiger partial charge on any atom is 0.269 e. The summed E-state index contributed by atoms with van der Waals surface area (Å²) in [6.45, 7) is 5.10. The highest BCUT2D eigenvalue weighted by molar-refractivity contribution is 5.92. The van der Waals surface area contributed by atoms with Crippen LogP contribution in [0.5, 0.6) is 0 Å². The number of rotatable bonds is 2. The van der Waals surface area contributed by atoms with Crippen LogP contribution in [-0.2, 0) is 0 Å². The van der Waals surface area contributed by atoms with Gasteiger partial charge in [0.2, 0.25) is 0 Å². The van der Waals surface area contributed by atoms with Crippen molar-refractivity contribution in [3.05, 3.63) is 24.0 Å². The second kappa shape index (κ2) is 6.56. The third kappa shape index (κ3) is 3.34. The van der Waals surface area contributed by atoms with Crippen LogP contribution < -0.4 is 15.5 Å². The van der Waals surface area contributed by atoms with Gasteiger partial charge in [0, 0.05) is 32.7 Å². The van der Waals surface area contributed by atoms with E-state index in [-0.39, 0.29) is 18.3 Å². The summed E-state index contributed by atoms with van der Waals surface area (Å²) in [6, 6.07) is 4.21. The van der Waals surface area contributed by atoms with Crippen LogP contribution in [0.2, 0.25) is 0 Å². The molecule has 1 fully saturated rings. The standard InChI is InChI=1S/C12H18N4O.ClH/c1-9-8-16(6-5-14-9)10-3-4-11(15-7-10)12(17)13-2;/h3-4,7,9,14H,5-6,8H2,1-2H3,(H,13,17);1H/t9-;/m1./s1. The first-order chi connectivity index (χ1) is 8.20. The van der Waals surface area contributed by atoms with Gasteiger partial charge in [0.15, 0.2) is 0 Å². The predicted octanol–water partition coefficient (Wildman–Crippen LogP) is 0.661. The highest BCUT2D eigenvalue weighted by atomic mass is 35.5. The second-order valence-electron chi connectivity index (χ2n) is 4.28. The lowest BCUT2D eigenvalue weighted by Crippen LogP contribution is -2.49. The predicted molar refractivity (Wildman–Crippen MR) is 74.6 cm³/mol. The van der Waals surface area contributed by atoms with Crippen molar-refractivity contribution < 1.29 is 4.79 Å². The third-order valence-electron chi connectivity index (χ3n) is 2.94. The van der Waals surface area contributed by atoms with E-state index in [9.17, 15) is 4.79 Å². The van der Waals surface area contributed by atoms with E-state index in [2.05, 4.69) is 27.4 Å². The van der Waals surface area contributed by atoms with Gasteiger partial charge in [0.25, 0.3) is 5.91 Å². The fourth-order valence-corrected chi connectivity index (χ4v) is 2.00. The number of nitrogens with one attached hydrogen (secondary N) is 2. The van der Waals surface area contributed by atoms with Gasteiger partial charge in [-0.3, -0.25) is 4.79 Å². The molecule has 5 nitrogen and oxygen atoms in total. The van der Waals surface area contributed by atoms with Crippen LogP contribution in [0.3, 0.4) is 0 Å². The van der Waals surface area contributed by atoms with E-state index in [4.69, 9.17) is 0 Å². The first kappa shape index (κ1) is 14.7. The number of pyridine rings is 1. The summed E-state index contributed by atoms with van der Waals surface area (Å²) in [4.78, 5) is 17.8. The molecule has 0 aliphatic carbocycles. The quantitative estimate of drug-likeness (QED) is 0.829. The van der Waals surface area contributed by atoms with Crippen molar-refractivity contribution >= 4 is 24.0 Å². The third-order valence-corrected chi connectivity index (χ3v) is 2.94. The molecule has 0 radical (unpaired) electrons. The monoisotopic (exact) mass is 270 g/mol. The number of hydrogen-bond acceptors (Lipinski definition) is 4. The molecule has 1 amide bonds. The smallest absolute Gasteiger partial charge is 0.269 e. The Kier molecular flexibility index (Phi) is 5.37. The minimum Gasteiger partial charge on any atom is -0.367 e. The van der Waals surface area contributed by atoms with Gasteiger partial charge in [-0.2, -0.15) is 0 Å². The number of anilines is 1. The van der Waals surface area contributed by atoms with Crippen LogP contribution in [0.15, 0.2) is 18.3 Å². The minimum absolute atomic E-state index is 0. The Morgan fingerprint density at radius 1 is 1.56 bits per heavy atom. The Hall–Kier alpha value is -1.33. The van der Waals surface area contributed by atoms with Gasteiger partial charge in [0.05, 0.1) is 11.9 Å². The Morgan fingerprint density at radius 3 is 2.89 bits per heavy atom. The zero-order valence-electron chi connectivity index (χ0n) is 10.6. The molecule has 1 aromatic rings. The summed E-state index contributed by atoms with van der Waals surface area (Å²) in [5.41, 5.74) is 1.53. The number of carbonyl (C=O) groups is 1. The van der Waals surface area contributed by atoms with Crippen LogP contribution in [0.4, 0.5) is 5.69 Å². The summed E-state index contributed by atoms with van der Waals surface area (Å²) in [7, 11) is 1.61. The summed E-state index contributed by atoms with van der Waals surface area (Å²) < 4.78 is 0. The molecular formula is C12H19ClN4O. The van der Waals surface area contributed by atoms with Crippen LogP contribution >= 0.6 is 12.4 Å². The molecule has 2 rings (SSSR count). The van der Waals surface area contributed by atoms with Gasteiger partial charge in [-0.1, -0.05) is 0 Å². The molecule has 0 aromatic carbocycles. The lowest BCUT2D eigenvalue weighted by molar-refractivity contribution is 0.0958. The Balaban J connectivity index is 0.00000162.